The molecule has 3 N–H and O–H groups in total. The van der Waals surface area contributed by atoms with Gasteiger partial charge in [0.15, 0.2) is 0 Å². The first-order valence-electron chi connectivity index (χ1n) is 12.2. The summed E-state index contributed by atoms with van der Waals surface area (Å²) in [6.45, 7) is 4.24. The van der Waals surface area contributed by atoms with E-state index in [1.807, 2.05) is 44.1 Å². The summed E-state index contributed by atoms with van der Waals surface area (Å²) in [5.74, 6) is -0.355. The Balaban J connectivity index is 1.75. The Hall–Kier alpha value is -2.60. The molecule has 5 rings (SSSR count). The Morgan fingerprint density at radius 3 is 2.65 bits per heavy atom. The van der Waals surface area contributed by atoms with Crippen molar-refractivity contribution in [2.75, 3.05) is 46.3 Å². The summed E-state index contributed by atoms with van der Waals surface area (Å²) in [7, 11) is 14.2. The number of ether oxygens (including phenoxy) is 2. The van der Waals surface area contributed by atoms with E-state index in [1.165, 1.54) is 0 Å². The Morgan fingerprint density at radius 2 is 2.11 bits per heavy atom. The van der Waals surface area contributed by atoms with Crippen molar-refractivity contribution in [2.24, 2.45) is 23.0 Å². The van der Waals surface area contributed by atoms with Gasteiger partial charge in [0.05, 0.1) is 0 Å². The van der Waals surface area contributed by atoms with Gasteiger partial charge in [0, 0.05) is 0 Å². The van der Waals surface area contributed by atoms with Gasteiger partial charge in [0.1, 0.15) is 0 Å². The zero-order valence-corrected chi connectivity index (χ0v) is 23.6. The summed E-state index contributed by atoms with van der Waals surface area (Å²) >= 11 is 2.20. The van der Waals surface area contributed by atoms with Gasteiger partial charge in [-0.1, -0.05) is 0 Å². The quantitative estimate of drug-likeness (QED) is 0.288. The fraction of sp³-hybridized carbons (Fsp3) is 0.444. The average molecular weight is 614 g/mol. The van der Waals surface area contributed by atoms with E-state index in [4.69, 9.17) is 22.7 Å². The van der Waals surface area contributed by atoms with Crippen molar-refractivity contribution in [2.45, 2.75) is 18.9 Å². The molecule has 4 atom stereocenters. The molecule has 1 amide bonds. The molecule has 193 valence electrons. The van der Waals surface area contributed by atoms with E-state index in [-0.39, 0.29) is 47.6 Å². The number of halogens is 1. The maximum absolute atomic E-state index is 14.3. The first-order chi connectivity index (χ1) is 17.5. The van der Waals surface area contributed by atoms with Crippen LogP contribution in [0.4, 0.5) is 5.69 Å². The van der Waals surface area contributed by atoms with Crippen LogP contribution >= 0.6 is 22.6 Å². The number of primary amides is 1. The van der Waals surface area contributed by atoms with Crippen LogP contribution in [0.15, 0.2) is 41.4 Å². The van der Waals surface area contributed by atoms with Crippen molar-refractivity contribution in [3.8, 4) is 5.75 Å². The number of nitrogens with zero attached hydrogens (tertiary/aromatic N) is 2. The number of anilines is 1. The van der Waals surface area contributed by atoms with Crippen molar-refractivity contribution >= 4 is 52.9 Å². The number of Topliss-reactive ketones (excluding diaryl/α,β-unsaturated/α-hetero) is 1. The molecule has 37 heavy (non-hydrogen) atoms. The zero-order chi connectivity index (χ0) is 27.0. The van der Waals surface area contributed by atoms with Crippen LogP contribution in [0.5, 0.6) is 5.75 Å². The van der Waals surface area contributed by atoms with E-state index in [9.17, 15) is 14.7 Å². The second-order valence-corrected chi connectivity index (χ2v) is 11.7. The molecule has 1 heterocycles. The third-order valence-electron chi connectivity index (χ3n) is 8.21. The normalized spacial score (nSPS) is 28.0. The fourth-order valence-corrected chi connectivity index (χ4v) is 7.43. The Bertz CT molecular complexity index is 1330. The van der Waals surface area contributed by atoms with Crippen molar-refractivity contribution in [3.05, 3.63) is 56.1 Å². The van der Waals surface area contributed by atoms with Gasteiger partial charge in [0.25, 0.3) is 0 Å². The molecule has 1 fully saturated rings. The number of hydrogen-bond acceptors (Lipinski definition) is 7. The van der Waals surface area contributed by atoms with Gasteiger partial charge < -0.3 is 0 Å². The predicted molar refractivity (Wildman–Crippen MR) is 151 cm³/mol. The van der Waals surface area contributed by atoms with Crippen molar-refractivity contribution < 1.29 is 24.2 Å². The fourth-order valence-electron chi connectivity index (χ4n) is 6.71. The number of likely N-dealkylation sites (N-methyl/N-ethyl adjacent to an activating group) is 1. The molecule has 4 aliphatic rings. The first-order valence-corrected chi connectivity index (χ1v) is 13.3. The van der Waals surface area contributed by atoms with Crippen molar-refractivity contribution in [1.82, 2.24) is 4.90 Å². The summed E-state index contributed by atoms with van der Waals surface area (Å²) in [5.41, 5.74) is 7.93. The molecule has 1 aromatic carbocycles. The van der Waals surface area contributed by atoms with Crippen LogP contribution < -0.4 is 15.4 Å². The second-order valence-electron chi connectivity index (χ2n) is 10.6. The number of allylic oxidation sites excluding steroid dienone is 1. The van der Waals surface area contributed by atoms with E-state index < -0.39 is 17.4 Å². The predicted octanol–water partition coefficient (Wildman–Crippen LogP) is 2.15. The third kappa shape index (κ3) is 3.47. The first kappa shape index (κ1) is 26.0. The van der Waals surface area contributed by atoms with Crippen LogP contribution in [-0.2, 0) is 16.0 Å². The summed E-state index contributed by atoms with van der Waals surface area (Å²) in [5, 5.41) is 11.2. The number of benzene rings is 1. The number of carbonyl (C=O) groups is 2. The van der Waals surface area contributed by atoms with Gasteiger partial charge in [-0.05, 0) is 0 Å². The van der Waals surface area contributed by atoms with E-state index >= 15 is 0 Å². The topological polar surface area (TPSA) is 105 Å². The Labute approximate surface area is 231 Å². The van der Waals surface area contributed by atoms with Crippen molar-refractivity contribution in [1.29, 1.82) is 0 Å². The van der Waals surface area contributed by atoms with E-state index in [2.05, 4.69) is 29.2 Å². The number of hydrogen-bond donors (Lipinski definition) is 2. The molecule has 1 spiro atoms. The van der Waals surface area contributed by atoms with Crippen LogP contribution in [0.1, 0.15) is 22.3 Å². The molecule has 1 aromatic rings. The van der Waals surface area contributed by atoms with Gasteiger partial charge in [-0.3, -0.25) is 0 Å². The van der Waals surface area contributed by atoms with Crippen LogP contribution in [-0.4, -0.2) is 82.1 Å². The standard InChI is InChI=1S/C27H30BIN3O5/c1-6-7-36-23-15(29)10-16(31(2)3)13-8-12-9-14-20(32(4)5)22(34)19(26(30)35)24(28)27(14)11-37-25(27)17(12)21(33)18(13)23/h6,10,12,14,20,34H,1,7-9,11H2,2-5H3,(H2,30,35)/t12-,14-,20-,27-/m0/s1. The van der Waals surface area contributed by atoms with E-state index in [0.717, 1.165) is 14.8 Å². The molecule has 1 radical (unpaired) electrons. The summed E-state index contributed by atoms with van der Waals surface area (Å²) in [4.78, 5) is 30.7. The molecule has 0 saturated carbocycles. The van der Waals surface area contributed by atoms with Gasteiger partial charge in [0.2, 0.25) is 0 Å². The number of fused-ring (bicyclic) bond motifs is 2. The summed E-state index contributed by atoms with van der Waals surface area (Å²) in [6.07, 6.45) is 2.85. The monoisotopic (exact) mass is 614 g/mol. The molecule has 8 nitrogen and oxygen atoms in total. The zero-order valence-electron chi connectivity index (χ0n) is 21.4. The molecular weight excluding hydrogens is 584 g/mol. The molecular formula is C27H30BIN3O5. The van der Waals surface area contributed by atoms with E-state index in [1.54, 1.807) is 6.08 Å². The summed E-state index contributed by atoms with van der Waals surface area (Å²) < 4.78 is 12.9. The maximum atomic E-state index is 14.3. The molecule has 0 unspecified atom stereocenters. The minimum atomic E-state index is -0.876. The number of aliphatic hydroxyl groups excluding tert-OH is 1. The van der Waals surface area contributed by atoms with Gasteiger partial charge in [-0.15, -0.1) is 0 Å². The average Bonchev–Trinajstić information content (AvgIpc) is 2.78. The molecule has 3 aliphatic carbocycles. The van der Waals surface area contributed by atoms with Crippen molar-refractivity contribution in [3.63, 3.8) is 0 Å². The summed E-state index contributed by atoms with van der Waals surface area (Å²) in [6, 6.07) is 1.54. The molecule has 1 saturated heterocycles. The number of amides is 1. The van der Waals surface area contributed by atoms with E-state index in [0.29, 0.717) is 35.5 Å². The molecule has 0 aromatic heterocycles. The molecule has 10 heteroatoms. The van der Waals surface area contributed by atoms with Gasteiger partial charge in [-0.2, -0.15) is 0 Å². The SMILES string of the molecule is [B]=C1C(C(N)=O)=C(O)[C@@H](N(C)C)[C@@H]2C[C@@H]3Cc4c(N(C)C)cc(I)c(OCC=C)c4C(=O)C3=C3OC[C@]132. The molecule has 0 bridgehead atoms. The van der Waals surface area contributed by atoms with Crippen LogP contribution in [0, 0.1) is 20.8 Å². The second kappa shape index (κ2) is 9.01. The van der Waals surface area contributed by atoms with Crippen LogP contribution in [0.2, 0.25) is 0 Å². The number of rotatable bonds is 6. The number of carbonyl (C=O) groups excluding carboxylic acids is 2. The number of ketones is 1. The molecule has 1 aliphatic heterocycles. The van der Waals surface area contributed by atoms with Gasteiger partial charge >= 0.3 is 232 Å². The minimum absolute atomic E-state index is 0.0714. The number of nitrogens with two attached hydrogens (primary N) is 1. The van der Waals surface area contributed by atoms with Crippen LogP contribution in [0.25, 0.3) is 0 Å². The Kier molecular flexibility index (Phi) is 6.34. The van der Waals surface area contributed by atoms with Crippen LogP contribution in [0.3, 0.4) is 0 Å². The number of aliphatic hydroxyl groups is 1. The van der Waals surface area contributed by atoms with Gasteiger partial charge in [-0.25, -0.2) is 0 Å². The third-order valence-corrected chi connectivity index (χ3v) is 9.01. The Morgan fingerprint density at radius 1 is 1.41 bits per heavy atom.